The van der Waals surface area contributed by atoms with E-state index in [-0.39, 0.29) is 16.2 Å². The van der Waals surface area contributed by atoms with Gasteiger partial charge in [0.25, 0.3) is 0 Å². The van der Waals surface area contributed by atoms with E-state index in [2.05, 4.69) is 35.0 Å². The molecule has 0 amide bonds. The van der Waals surface area contributed by atoms with Crippen molar-refractivity contribution in [1.82, 2.24) is 0 Å². The molecule has 0 spiro atoms. The largest absolute Gasteiger partial charge is 0.372 e. The highest BCUT2D eigenvalue weighted by molar-refractivity contribution is 6.34. The molecule has 0 unspecified atom stereocenters. The second-order valence-corrected chi connectivity index (χ2v) is 5.91. The predicted molar refractivity (Wildman–Crippen MR) is 102 cm³/mol. The zero-order chi connectivity index (χ0) is 19.0. The van der Waals surface area contributed by atoms with Crippen LogP contribution in [0.4, 0.5) is 11.4 Å². The highest BCUT2D eigenvalue weighted by atomic mass is 35.5. The van der Waals surface area contributed by atoms with E-state index >= 15 is 0 Å². The summed E-state index contributed by atoms with van der Waals surface area (Å²) in [5.74, 6) is 0. The van der Waals surface area contributed by atoms with Crippen LogP contribution >= 0.6 is 11.6 Å². The molecular weight excluding hydrogens is 336 g/mol. The maximum atomic E-state index is 10.8. The van der Waals surface area contributed by atoms with Crippen molar-refractivity contribution in [1.29, 1.82) is 5.26 Å². The number of allylic oxidation sites excluding steroid dienone is 4. The van der Waals surface area contributed by atoms with Gasteiger partial charge in [0.1, 0.15) is 12.4 Å². The molecule has 0 fully saturated rings. The average Bonchev–Trinajstić information content (AvgIpc) is 2.61. The molecule has 6 heteroatoms. The molecule has 5 nitrogen and oxygen atoms in total. The van der Waals surface area contributed by atoms with E-state index in [1.54, 1.807) is 13.8 Å². The molecule has 0 saturated carbocycles. The number of nitrogens with zero attached hydrogens (tertiary/aromatic N) is 4. The Labute approximate surface area is 154 Å². The van der Waals surface area contributed by atoms with Gasteiger partial charge in [-0.1, -0.05) is 11.6 Å². The number of nitriles is 1. The minimum atomic E-state index is 0.0996. The van der Waals surface area contributed by atoms with E-state index in [9.17, 15) is 10.1 Å². The number of carbonyl (C=O) groups excluding carboxylic acids is 1. The topological polar surface area (TPSA) is 68.8 Å². The maximum Gasteiger partial charge on any atom is 0.147 e. The van der Waals surface area contributed by atoms with Crippen LogP contribution in [-0.4, -0.2) is 19.4 Å². The molecule has 0 atom stereocenters. The first-order chi connectivity index (χ1) is 11.9. The van der Waals surface area contributed by atoms with Gasteiger partial charge >= 0.3 is 0 Å². The van der Waals surface area contributed by atoms with Crippen molar-refractivity contribution in [3.8, 4) is 6.07 Å². The van der Waals surface area contributed by atoms with Gasteiger partial charge in [0.05, 0.1) is 22.0 Å². The first-order valence-corrected chi connectivity index (χ1v) is 8.47. The summed E-state index contributed by atoms with van der Waals surface area (Å²) >= 11 is 6.05. The zero-order valence-corrected chi connectivity index (χ0v) is 16.1. The Hall–Kier alpha value is -2.45. The van der Waals surface area contributed by atoms with E-state index in [4.69, 9.17) is 11.6 Å². The number of aryl methyl sites for hydroxylation is 1. The number of benzene rings is 1. The fourth-order valence-corrected chi connectivity index (χ4v) is 2.48. The van der Waals surface area contributed by atoms with Crippen LogP contribution in [0.2, 0.25) is 0 Å². The van der Waals surface area contributed by atoms with Crippen molar-refractivity contribution in [3.05, 3.63) is 45.6 Å². The second kappa shape index (κ2) is 9.75. The summed E-state index contributed by atoms with van der Waals surface area (Å²) in [6.07, 6.45) is 0.611. The quantitative estimate of drug-likeness (QED) is 0.214. The van der Waals surface area contributed by atoms with Gasteiger partial charge in [-0.05, 0) is 58.4 Å². The van der Waals surface area contributed by atoms with Gasteiger partial charge in [-0.2, -0.15) is 15.5 Å². The lowest BCUT2D eigenvalue weighted by Gasteiger charge is -2.21. The van der Waals surface area contributed by atoms with E-state index in [1.165, 1.54) is 0 Å². The third-order valence-corrected chi connectivity index (χ3v) is 4.32. The smallest absolute Gasteiger partial charge is 0.147 e. The summed E-state index contributed by atoms with van der Waals surface area (Å²) in [5, 5.41) is 17.7. The molecule has 25 heavy (non-hydrogen) atoms. The molecule has 0 heterocycles. The third-order valence-electron chi connectivity index (χ3n) is 3.83. The van der Waals surface area contributed by atoms with Crippen LogP contribution in [0.15, 0.2) is 50.3 Å². The Morgan fingerprint density at radius 1 is 1.32 bits per heavy atom. The van der Waals surface area contributed by atoms with Crippen LogP contribution < -0.4 is 4.90 Å². The van der Waals surface area contributed by atoms with E-state index in [0.717, 1.165) is 30.0 Å². The highest BCUT2D eigenvalue weighted by Crippen LogP contribution is 2.27. The van der Waals surface area contributed by atoms with Crippen LogP contribution in [0.5, 0.6) is 0 Å². The number of halogens is 1. The van der Waals surface area contributed by atoms with Crippen LogP contribution in [0.3, 0.4) is 0 Å². The molecule has 1 rings (SSSR count). The van der Waals surface area contributed by atoms with E-state index in [0.29, 0.717) is 12.0 Å². The number of aldehydes is 1. The van der Waals surface area contributed by atoms with Crippen molar-refractivity contribution >= 4 is 29.3 Å². The highest BCUT2D eigenvalue weighted by Gasteiger charge is 2.10. The van der Waals surface area contributed by atoms with E-state index < -0.39 is 0 Å². The van der Waals surface area contributed by atoms with E-state index in [1.807, 2.05) is 25.1 Å². The summed E-state index contributed by atoms with van der Waals surface area (Å²) in [6.45, 7) is 11.3. The summed E-state index contributed by atoms with van der Waals surface area (Å²) < 4.78 is 0. The normalized spacial score (nSPS) is 13.2. The van der Waals surface area contributed by atoms with Gasteiger partial charge in [0.15, 0.2) is 0 Å². The summed E-state index contributed by atoms with van der Waals surface area (Å²) in [7, 11) is 0. The summed E-state index contributed by atoms with van der Waals surface area (Å²) in [4.78, 5) is 13.1. The summed E-state index contributed by atoms with van der Waals surface area (Å²) in [6, 6.07) is 7.95. The lowest BCUT2D eigenvalue weighted by molar-refractivity contribution is -0.104. The Morgan fingerprint density at radius 2 is 1.96 bits per heavy atom. The van der Waals surface area contributed by atoms with Gasteiger partial charge in [-0.15, -0.1) is 0 Å². The Kier molecular flexibility index (Phi) is 8.03. The predicted octanol–water partition coefficient (Wildman–Crippen LogP) is 5.43. The van der Waals surface area contributed by atoms with Crippen molar-refractivity contribution in [2.75, 3.05) is 18.0 Å². The molecule has 0 aliphatic carbocycles. The van der Waals surface area contributed by atoms with Crippen molar-refractivity contribution in [2.24, 2.45) is 10.2 Å². The minimum absolute atomic E-state index is 0.0996. The van der Waals surface area contributed by atoms with Crippen LogP contribution in [-0.2, 0) is 4.79 Å². The minimum Gasteiger partial charge on any atom is -0.372 e. The first kappa shape index (κ1) is 20.6. The average molecular weight is 359 g/mol. The number of carbonyl (C=O) groups is 1. The van der Waals surface area contributed by atoms with Crippen molar-refractivity contribution in [3.63, 3.8) is 0 Å². The van der Waals surface area contributed by atoms with Crippen molar-refractivity contribution < 1.29 is 4.79 Å². The number of anilines is 1. The van der Waals surface area contributed by atoms with Gasteiger partial charge < -0.3 is 4.90 Å². The standard InChI is InChI=1S/C19H23ClN4O/c1-6-24(7-2)16-8-9-18(13(3)10-16)23-22-15(5)17(11-21)19(20)14(4)12-25/h8-10,12H,6-7H2,1-5H3/b17-15+,19-14-,23-22?. The van der Waals surface area contributed by atoms with Crippen LogP contribution in [0.25, 0.3) is 0 Å². The lowest BCUT2D eigenvalue weighted by Crippen LogP contribution is -2.21. The second-order valence-electron chi connectivity index (χ2n) is 5.53. The molecule has 0 saturated heterocycles. The number of rotatable bonds is 7. The lowest BCUT2D eigenvalue weighted by atomic mass is 10.1. The van der Waals surface area contributed by atoms with Crippen LogP contribution in [0, 0.1) is 18.3 Å². The third kappa shape index (κ3) is 5.27. The molecule has 132 valence electrons. The zero-order valence-electron chi connectivity index (χ0n) is 15.3. The SMILES string of the molecule is CCN(CC)c1ccc(N=N/C(C)=C(C#N)/C(Cl)=C(\C)C=O)c(C)c1. The fraction of sp³-hybridized carbons (Fsp3) is 0.368. The molecule has 1 aromatic carbocycles. The molecule has 0 aliphatic heterocycles. The number of hydrogen-bond donors (Lipinski definition) is 0. The van der Waals surface area contributed by atoms with Crippen molar-refractivity contribution in [2.45, 2.75) is 34.6 Å². The maximum absolute atomic E-state index is 10.8. The van der Waals surface area contributed by atoms with Gasteiger partial charge in [0.2, 0.25) is 0 Å². The Balaban J connectivity index is 3.19. The fourth-order valence-electron chi connectivity index (χ4n) is 2.25. The van der Waals surface area contributed by atoms with Gasteiger partial charge in [-0.25, -0.2) is 0 Å². The van der Waals surface area contributed by atoms with Gasteiger partial charge in [0, 0.05) is 24.4 Å². The monoisotopic (exact) mass is 358 g/mol. The molecule has 0 aliphatic rings. The molecular formula is C19H23ClN4O. The first-order valence-electron chi connectivity index (χ1n) is 8.09. The molecule has 0 N–H and O–H groups in total. The molecule has 1 aromatic rings. The number of azo groups is 1. The molecule has 0 radical (unpaired) electrons. The van der Waals surface area contributed by atoms with Crippen LogP contribution in [0.1, 0.15) is 33.3 Å². The number of hydrogen-bond acceptors (Lipinski definition) is 5. The molecule has 0 bridgehead atoms. The molecule has 0 aromatic heterocycles. The summed E-state index contributed by atoms with van der Waals surface area (Å²) in [5.41, 5.74) is 3.64. The Morgan fingerprint density at radius 3 is 2.44 bits per heavy atom. The van der Waals surface area contributed by atoms with Gasteiger partial charge in [-0.3, -0.25) is 4.79 Å². The Bertz CT molecular complexity index is 768.